The summed E-state index contributed by atoms with van der Waals surface area (Å²) in [5.41, 5.74) is 4.91. The third kappa shape index (κ3) is 4.07. The Kier molecular flexibility index (Phi) is 6.54. The van der Waals surface area contributed by atoms with Gasteiger partial charge in [-0.25, -0.2) is 4.98 Å². The number of nitrogens with zero attached hydrogens (tertiary/aromatic N) is 2. The molecule has 0 saturated carbocycles. The summed E-state index contributed by atoms with van der Waals surface area (Å²) in [6, 6.07) is 37.0. The molecular weight excluding hydrogens is 452 g/mol. The quantitative estimate of drug-likeness (QED) is 0.255. The number of imidazole rings is 1. The number of aliphatic hydroxyl groups excluding tert-OH is 1. The molecule has 0 aliphatic heterocycles. The van der Waals surface area contributed by atoms with Gasteiger partial charge < -0.3 is 9.67 Å². The highest BCUT2D eigenvalue weighted by molar-refractivity contribution is 6.31. The lowest BCUT2D eigenvalue weighted by Gasteiger charge is -2.37. The van der Waals surface area contributed by atoms with Crippen LogP contribution in [0.15, 0.2) is 122 Å². The van der Waals surface area contributed by atoms with Crippen LogP contribution < -0.4 is 0 Å². The normalized spacial score (nSPS) is 12.4. The van der Waals surface area contributed by atoms with Crippen LogP contribution in [0.5, 0.6) is 0 Å². The van der Waals surface area contributed by atoms with Gasteiger partial charge in [0.15, 0.2) is 0 Å². The predicted molar refractivity (Wildman–Crippen MR) is 142 cm³/mol. The van der Waals surface area contributed by atoms with Gasteiger partial charge in [-0.05, 0) is 34.7 Å². The third-order valence-corrected chi connectivity index (χ3v) is 6.97. The molecule has 0 fully saturated rings. The lowest BCUT2D eigenvalue weighted by molar-refractivity contribution is 0.214. The lowest BCUT2D eigenvalue weighted by atomic mass is 9.77. The molecule has 0 radical (unpaired) electrons. The Morgan fingerprint density at radius 1 is 0.771 bits per heavy atom. The van der Waals surface area contributed by atoms with Gasteiger partial charge in [0.25, 0.3) is 0 Å². The third-order valence-electron chi connectivity index (χ3n) is 6.64. The molecular formula is C31H27ClN2O. The molecule has 0 bridgehead atoms. The van der Waals surface area contributed by atoms with E-state index in [1.165, 1.54) is 0 Å². The van der Waals surface area contributed by atoms with E-state index in [1.807, 2.05) is 48.9 Å². The molecule has 0 aliphatic rings. The van der Waals surface area contributed by atoms with Gasteiger partial charge in [0, 0.05) is 16.8 Å². The van der Waals surface area contributed by atoms with Gasteiger partial charge in [-0.1, -0.05) is 122 Å². The van der Waals surface area contributed by atoms with Crippen molar-refractivity contribution >= 4 is 11.6 Å². The molecule has 1 unspecified atom stereocenters. The van der Waals surface area contributed by atoms with Gasteiger partial charge >= 0.3 is 0 Å². The Bertz CT molecular complexity index is 1300. The molecule has 5 aromatic rings. The van der Waals surface area contributed by atoms with E-state index in [2.05, 4.69) is 84.3 Å². The number of rotatable bonds is 7. The van der Waals surface area contributed by atoms with Crippen molar-refractivity contribution in [1.29, 1.82) is 0 Å². The summed E-state index contributed by atoms with van der Waals surface area (Å²) in [7, 11) is 0. The second-order valence-electron chi connectivity index (χ2n) is 8.58. The zero-order chi connectivity index (χ0) is 24.3. The maximum Gasteiger partial charge on any atom is 0.124 e. The Balaban J connectivity index is 1.75. The molecule has 1 heterocycles. The average Bonchev–Trinajstić information content (AvgIpc) is 3.41. The molecule has 4 aromatic carbocycles. The van der Waals surface area contributed by atoms with E-state index in [4.69, 9.17) is 16.6 Å². The minimum atomic E-state index is -0.931. The smallest absolute Gasteiger partial charge is 0.124 e. The van der Waals surface area contributed by atoms with Crippen molar-refractivity contribution in [3.05, 3.63) is 160 Å². The number of benzene rings is 4. The minimum absolute atomic E-state index is 0.548. The van der Waals surface area contributed by atoms with Crippen LogP contribution >= 0.6 is 11.6 Å². The summed E-state index contributed by atoms with van der Waals surface area (Å²) in [5.74, 6) is 0. The van der Waals surface area contributed by atoms with E-state index in [0.29, 0.717) is 16.3 Å². The van der Waals surface area contributed by atoms with E-state index in [0.717, 1.165) is 28.7 Å². The molecule has 1 aromatic heterocycles. The van der Waals surface area contributed by atoms with Gasteiger partial charge in [0.05, 0.1) is 12.0 Å². The molecule has 35 heavy (non-hydrogen) atoms. The first-order chi connectivity index (χ1) is 17.2. The first kappa shape index (κ1) is 23.1. The fraction of sp³-hybridized carbons (Fsp3) is 0.129. The van der Waals surface area contributed by atoms with Crippen molar-refractivity contribution in [3.63, 3.8) is 0 Å². The molecule has 0 spiro atoms. The molecule has 1 N–H and O–H groups in total. The van der Waals surface area contributed by atoms with Crippen LogP contribution in [0.25, 0.3) is 0 Å². The maximum absolute atomic E-state index is 11.4. The van der Waals surface area contributed by atoms with Crippen LogP contribution in [0.2, 0.25) is 5.02 Å². The van der Waals surface area contributed by atoms with Gasteiger partial charge in [0.1, 0.15) is 11.6 Å². The van der Waals surface area contributed by atoms with Gasteiger partial charge in [-0.3, -0.25) is 0 Å². The largest absolute Gasteiger partial charge is 0.382 e. The highest BCUT2D eigenvalue weighted by atomic mass is 35.5. The van der Waals surface area contributed by atoms with Crippen LogP contribution in [0, 0.1) is 0 Å². The highest BCUT2D eigenvalue weighted by Crippen LogP contribution is 2.41. The Hall–Kier alpha value is -3.66. The van der Waals surface area contributed by atoms with E-state index in [9.17, 15) is 5.11 Å². The van der Waals surface area contributed by atoms with Crippen LogP contribution in [0.1, 0.15) is 46.5 Å². The molecule has 0 saturated heterocycles. The van der Waals surface area contributed by atoms with E-state index < -0.39 is 11.6 Å². The summed E-state index contributed by atoms with van der Waals surface area (Å²) in [5, 5.41) is 12.0. The minimum Gasteiger partial charge on any atom is -0.382 e. The van der Waals surface area contributed by atoms with E-state index in [-0.39, 0.29) is 0 Å². The maximum atomic E-state index is 11.4. The van der Waals surface area contributed by atoms with Crippen molar-refractivity contribution in [2.45, 2.75) is 25.0 Å². The predicted octanol–water partition coefficient (Wildman–Crippen LogP) is 7.02. The number of hydrogen-bond donors (Lipinski definition) is 1. The molecule has 0 amide bonds. The number of hydrogen-bond acceptors (Lipinski definition) is 2. The monoisotopic (exact) mass is 478 g/mol. The fourth-order valence-electron chi connectivity index (χ4n) is 4.99. The topological polar surface area (TPSA) is 38.0 Å². The van der Waals surface area contributed by atoms with Crippen molar-refractivity contribution < 1.29 is 5.11 Å². The zero-order valence-corrected chi connectivity index (χ0v) is 20.3. The van der Waals surface area contributed by atoms with Crippen molar-refractivity contribution in [1.82, 2.24) is 9.55 Å². The molecule has 0 aliphatic carbocycles. The summed E-state index contributed by atoms with van der Waals surface area (Å²) in [4.78, 5) is 4.71. The van der Waals surface area contributed by atoms with Crippen LogP contribution in [-0.2, 0) is 12.0 Å². The van der Waals surface area contributed by atoms with Crippen molar-refractivity contribution in [2.24, 2.45) is 0 Å². The van der Waals surface area contributed by atoms with Crippen molar-refractivity contribution in [2.75, 3.05) is 0 Å². The standard InChI is InChI=1S/C31H27ClN2O/c1-2-23-13-12-20-27(32)29(23)30(35)28-21-34(22-33-28)31(24-14-6-3-7-15-24,25-16-8-4-9-17-25)26-18-10-5-11-19-26/h3-22,30,35H,2H2,1H3. The zero-order valence-electron chi connectivity index (χ0n) is 19.6. The molecule has 4 heteroatoms. The van der Waals surface area contributed by atoms with Gasteiger partial charge in [-0.2, -0.15) is 0 Å². The van der Waals surface area contributed by atoms with Crippen LogP contribution in [0.3, 0.4) is 0 Å². The first-order valence-corrected chi connectivity index (χ1v) is 12.2. The molecule has 174 valence electrons. The van der Waals surface area contributed by atoms with Gasteiger partial charge in [0.2, 0.25) is 0 Å². The summed E-state index contributed by atoms with van der Waals surface area (Å²) >= 11 is 6.54. The first-order valence-electron chi connectivity index (χ1n) is 11.8. The Labute approximate surface area is 211 Å². The summed E-state index contributed by atoms with van der Waals surface area (Å²) < 4.78 is 2.11. The van der Waals surface area contributed by atoms with E-state index in [1.54, 1.807) is 0 Å². The Morgan fingerprint density at radius 2 is 1.29 bits per heavy atom. The second kappa shape index (κ2) is 9.91. The number of aromatic nitrogens is 2. The summed E-state index contributed by atoms with van der Waals surface area (Å²) in [6.07, 6.45) is 3.60. The van der Waals surface area contributed by atoms with Crippen LogP contribution in [0.4, 0.5) is 0 Å². The lowest BCUT2D eigenvalue weighted by Crippen LogP contribution is -2.37. The fourth-order valence-corrected chi connectivity index (χ4v) is 5.29. The number of aryl methyl sites for hydroxylation is 1. The van der Waals surface area contributed by atoms with E-state index >= 15 is 0 Å². The highest BCUT2D eigenvalue weighted by Gasteiger charge is 2.38. The number of aliphatic hydroxyl groups is 1. The molecule has 1 atom stereocenters. The molecule has 3 nitrogen and oxygen atoms in total. The summed E-state index contributed by atoms with van der Waals surface area (Å²) in [6.45, 7) is 2.06. The molecule has 5 rings (SSSR count). The van der Waals surface area contributed by atoms with Gasteiger partial charge in [-0.15, -0.1) is 0 Å². The average molecular weight is 479 g/mol. The number of halogens is 1. The second-order valence-corrected chi connectivity index (χ2v) is 8.99. The van der Waals surface area contributed by atoms with Crippen LogP contribution in [-0.4, -0.2) is 14.7 Å². The Morgan fingerprint density at radius 3 is 1.77 bits per heavy atom. The SMILES string of the molecule is CCc1cccc(Cl)c1C(O)c1cn(C(c2ccccc2)(c2ccccc2)c2ccccc2)cn1. The van der Waals surface area contributed by atoms with Crippen molar-refractivity contribution in [3.8, 4) is 0 Å².